The van der Waals surface area contributed by atoms with Gasteiger partial charge in [0.15, 0.2) is 11.5 Å². The van der Waals surface area contributed by atoms with Gasteiger partial charge in [-0.05, 0) is 30.5 Å². The summed E-state index contributed by atoms with van der Waals surface area (Å²) >= 11 is 0. The van der Waals surface area contributed by atoms with Crippen molar-refractivity contribution in [1.29, 1.82) is 0 Å². The van der Waals surface area contributed by atoms with E-state index in [-0.39, 0.29) is 6.10 Å². The fraction of sp³-hybridized carbons (Fsp3) is 0.625. The monoisotopic (exact) mass is 266 g/mol. The predicted molar refractivity (Wildman–Crippen MR) is 78.0 cm³/mol. The molecule has 1 aromatic rings. The lowest BCUT2D eigenvalue weighted by molar-refractivity contribution is 0.161. The molecule has 1 N–H and O–H groups in total. The maximum Gasteiger partial charge on any atom is 0.160 e. The first kappa shape index (κ1) is 15.8. The molecule has 3 heteroatoms. The first-order valence-electron chi connectivity index (χ1n) is 7.10. The molecule has 0 saturated heterocycles. The van der Waals surface area contributed by atoms with E-state index in [4.69, 9.17) is 9.47 Å². The van der Waals surface area contributed by atoms with Gasteiger partial charge in [0.05, 0.1) is 20.3 Å². The normalized spacial score (nSPS) is 12.2. The van der Waals surface area contributed by atoms with Gasteiger partial charge in [0.25, 0.3) is 0 Å². The highest BCUT2D eigenvalue weighted by Gasteiger charge is 2.09. The first-order valence-corrected chi connectivity index (χ1v) is 7.10. The largest absolute Gasteiger partial charge is 0.493 e. The standard InChI is InChI=1S/C16H26O3/c1-4-5-6-7-8-14(17)11-13-9-10-15(18-2)16(12-13)19-3/h9-10,12,14,17H,4-8,11H2,1-3H3. The number of aliphatic hydroxyl groups excluding tert-OH is 1. The van der Waals surface area contributed by atoms with Gasteiger partial charge < -0.3 is 14.6 Å². The van der Waals surface area contributed by atoms with E-state index in [2.05, 4.69) is 6.92 Å². The Labute approximate surface area is 116 Å². The Morgan fingerprint density at radius 1 is 1.05 bits per heavy atom. The summed E-state index contributed by atoms with van der Waals surface area (Å²) in [5.41, 5.74) is 1.08. The fourth-order valence-electron chi connectivity index (χ4n) is 2.19. The van der Waals surface area contributed by atoms with E-state index in [0.29, 0.717) is 6.42 Å². The van der Waals surface area contributed by atoms with E-state index >= 15 is 0 Å². The number of ether oxygens (including phenoxy) is 2. The number of methoxy groups -OCH3 is 2. The number of aliphatic hydroxyl groups is 1. The summed E-state index contributed by atoms with van der Waals surface area (Å²) in [6, 6.07) is 5.81. The molecule has 108 valence electrons. The van der Waals surface area contributed by atoms with Gasteiger partial charge in [-0.3, -0.25) is 0 Å². The van der Waals surface area contributed by atoms with Crippen LogP contribution in [0.4, 0.5) is 0 Å². The fourth-order valence-corrected chi connectivity index (χ4v) is 2.19. The van der Waals surface area contributed by atoms with Crippen LogP contribution in [-0.4, -0.2) is 25.4 Å². The Hall–Kier alpha value is -1.22. The highest BCUT2D eigenvalue weighted by atomic mass is 16.5. The minimum Gasteiger partial charge on any atom is -0.493 e. The lowest BCUT2D eigenvalue weighted by atomic mass is 10.0. The molecule has 0 saturated carbocycles. The summed E-state index contributed by atoms with van der Waals surface area (Å²) in [7, 11) is 3.25. The van der Waals surface area contributed by atoms with Crippen LogP contribution in [0.15, 0.2) is 18.2 Å². The molecule has 3 nitrogen and oxygen atoms in total. The van der Waals surface area contributed by atoms with E-state index in [1.807, 2.05) is 18.2 Å². The topological polar surface area (TPSA) is 38.7 Å². The zero-order chi connectivity index (χ0) is 14.1. The molecule has 1 atom stereocenters. The van der Waals surface area contributed by atoms with Gasteiger partial charge in [-0.25, -0.2) is 0 Å². The van der Waals surface area contributed by atoms with Crippen molar-refractivity contribution in [3.8, 4) is 11.5 Å². The zero-order valence-corrected chi connectivity index (χ0v) is 12.3. The van der Waals surface area contributed by atoms with Crippen LogP contribution < -0.4 is 9.47 Å². The van der Waals surface area contributed by atoms with Crippen molar-refractivity contribution in [2.24, 2.45) is 0 Å². The van der Waals surface area contributed by atoms with E-state index in [1.54, 1.807) is 14.2 Å². The second-order valence-corrected chi connectivity index (χ2v) is 4.90. The minimum atomic E-state index is -0.269. The molecule has 1 aromatic carbocycles. The number of unbranched alkanes of at least 4 members (excludes halogenated alkanes) is 3. The van der Waals surface area contributed by atoms with Crippen molar-refractivity contribution >= 4 is 0 Å². The third-order valence-corrected chi connectivity index (χ3v) is 3.31. The number of hydrogen-bond acceptors (Lipinski definition) is 3. The quantitative estimate of drug-likeness (QED) is 0.694. The average Bonchev–Trinajstić information content (AvgIpc) is 2.43. The molecule has 0 radical (unpaired) electrons. The highest BCUT2D eigenvalue weighted by molar-refractivity contribution is 5.43. The molecule has 0 aliphatic carbocycles. The van der Waals surface area contributed by atoms with Gasteiger partial charge >= 0.3 is 0 Å². The average molecular weight is 266 g/mol. The number of rotatable bonds is 9. The van der Waals surface area contributed by atoms with E-state index < -0.39 is 0 Å². The molecular weight excluding hydrogens is 240 g/mol. The summed E-state index contributed by atoms with van der Waals surface area (Å²) in [4.78, 5) is 0. The SMILES string of the molecule is CCCCCCC(O)Cc1ccc(OC)c(OC)c1. The Balaban J connectivity index is 2.47. The summed E-state index contributed by atoms with van der Waals surface area (Å²) in [5, 5.41) is 10.0. The summed E-state index contributed by atoms with van der Waals surface area (Å²) in [6.45, 7) is 2.19. The molecule has 0 amide bonds. The van der Waals surface area contributed by atoms with Crippen LogP contribution in [-0.2, 0) is 6.42 Å². The molecule has 0 aliphatic heterocycles. The second-order valence-electron chi connectivity index (χ2n) is 4.90. The van der Waals surface area contributed by atoms with Crippen molar-refractivity contribution in [2.75, 3.05) is 14.2 Å². The van der Waals surface area contributed by atoms with Crippen LogP contribution >= 0.6 is 0 Å². The third-order valence-electron chi connectivity index (χ3n) is 3.31. The van der Waals surface area contributed by atoms with E-state index in [9.17, 15) is 5.11 Å². The van der Waals surface area contributed by atoms with Gasteiger partial charge in [-0.1, -0.05) is 38.7 Å². The smallest absolute Gasteiger partial charge is 0.160 e. The van der Waals surface area contributed by atoms with Crippen LogP contribution in [0, 0.1) is 0 Å². The number of hydrogen-bond donors (Lipinski definition) is 1. The Kier molecular flexibility index (Phi) is 7.34. The zero-order valence-electron chi connectivity index (χ0n) is 12.3. The molecule has 0 aromatic heterocycles. The van der Waals surface area contributed by atoms with Crippen LogP contribution in [0.25, 0.3) is 0 Å². The summed E-state index contributed by atoms with van der Waals surface area (Å²) < 4.78 is 10.5. The third kappa shape index (κ3) is 5.52. The minimum absolute atomic E-state index is 0.269. The van der Waals surface area contributed by atoms with Crippen LogP contribution in [0.1, 0.15) is 44.6 Å². The molecule has 0 heterocycles. The van der Waals surface area contributed by atoms with Gasteiger partial charge in [-0.2, -0.15) is 0 Å². The van der Waals surface area contributed by atoms with Crippen LogP contribution in [0.5, 0.6) is 11.5 Å². The molecule has 1 rings (SSSR count). The van der Waals surface area contributed by atoms with Crippen LogP contribution in [0.3, 0.4) is 0 Å². The van der Waals surface area contributed by atoms with Gasteiger partial charge in [0.2, 0.25) is 0 Å². The van der Waals surface area contributed by atoms with E-state index in [0.717, 1.165) is 29.9 Å². The van der Waals surface area contributed by atoms with Gasteiger partial charge in [-0.15, -0.1) is 0 Å². The molecule has 0 fully saturated rings. The molecule has 0 aliphatic rings. The van der Waals surface area contributed by atoms with Gasteiger partial charge in [0, 0.05) is 0 Å². The second kappa shape index (κ2) is 8.81. The van der Waals surface area contributed by atoms with E-state index in [1.165, 1.54) is 19.3 Å². The molecule has 1 unspecified atom stereocenters. The maximum atomic E-state index is 10.0. The Morgan fingerprint density at radius 3 is 2.42 bits per heavy atom. The van der Waals surface area contributed by atoms with Gasteiger partial charge in [0.1, 0.15) is 0 Å². The van der Waals surface area contributed by atoms with Crippen LogP contribution in [0.2, 0.25) is 0 Å². The molecule has 0 spiro atoms. The lowest BCUT2D eigenvalue weighted by Gasteiger charge is -2.13. The Bertz CT molecular complexity index is 363. The molecule has 19 heavy (non-hydrogen) atoms. The van der Waals surface area contributed by atoms with Crippen molar-refractivity contribution in [2.45, 2.75) is 51.6 Å². The first-order chi connectivity index (χ1) is 9.21. The maximum absolute atomic E-state index is 10.0. The highest BCUT2D eigenvalue weighted by Crippen LogP contribution is 2.28. The van der Waals surface area contributed by atoms with Crippen molar-refractivity contribution < 1.29 is 14.6 Å². The summed E-state index contributed by atoms with van der Waals surface area (Å²) in [5.74, 6) is 1.45. The predicted octanol–water partition coefficient (Wildman–Crippen LogP) is 3.58. The lowest BCUT2D eigenvalue weighted by Crippen LogP contribution is -2.10. The van der Waals surface area contributed by atoms with Crippen molar-refractivity contribution in [1.82, 2.24) is 0 Å². The van der Waals surface area contributed by atoms with Crippen molar-refractivity contribution in [3.05, 3.63) is 23.8 Å². The van der Waals surface area contributed by atoms with Crippen molar-refractivity contribution in [3.63, 3.8) is 0 Å². The summed E-state index contributed by atoms with van der Waals surface area (Å²) in [6.07, 6.45) is 6.06. The Morgan fingerprint density at radius 2 is 1.79 bits per heavy atom. The molecule has 0 bridgehead atoms. The number of benzene rings is 1. The molecular formula is C16H26O3.